The first kappa shape index (κ1) is 22.2. The molecular formula is C24H29N5O3S. The molecule has 0 aliphatic carbocycles. The van der Waals surface area contributed by atoms with E-state index in [2.05, 4.69) is 47.0 Å². The second-order valence-corrected chi connectivity index (χ2v) is 10.1. The highest BCUT2D eigenvalue weighted by Gasteiger charge is 2.26. The summed E-state index contributed by atoms with van der Waals surface area (Å²) in [5.74, 6) is 2.01. The highest BCUT2D eigenvalue weighted by molar-refractivity contribution is 7.15. The fourth-order valence-corrected chi connectivity index (χ4v) is 5.74. The lowest BCUT2D eigenvalue weighted by Gasteiger charge is -2.31. The van der Waals surface area contributed by atoms with E-state index in [0.717, 1.165) is 60.2 Å². The Morgan fingerprint density at radius 2 is 2.12 bits per heavy atom. The number of hydrogen-bond acceptors (Lipinski definition) is 8. The smallest absolute Gasteiger partial charge is 0.187 e. The molecule has 1 aromatic carbocycles. The third-order valence-electron chi connectivity index (χ3n) is 6.43. The van der Waals surface area contributed by atoms with Gasteiger partial charge in [-0.15, -0.1) is 11.3 Å². The van der Waals surface area contributed by atoms with Crippen molar-refractivity contribution in [3.05, 3.63) is 35.0 Å². The van der Waals surface area contributed by atoms with Crippen molar-refractivity contribution in [3.63, 3.8) is 0 Å². The van der Waals surface area contributed by atoms with Gasteiger partial charge in [-0.25, -0.2) is 14.6 Å². The van der Waals surface area contributed by atoms with Crippen LogP contribution in [0.5, 0.6) is 5.75 Å². The van der Waals surface area contributed by atoms with Gasteiger partial charge in [0.1, 0.15) is 18.7 Å². The molecule has 174 valence electrons. The predicted octanol–water partition coefficient (Wildman–Crippen LogP) is 3.33. The van der Waals surface area contributed by atoms with E-state index in [1.165, 1.54) is 10.4 Å². The Labute approximate surface area is 197 Å². The first-order valence-electron chi connectivity index (χ1n) is 11.5. The summed E-state index contributed by atoms with van der Waals surface area (Å²) in [5, 5.41) is 14.3. The fraction of sp³-hybridized carbons (Fsp3) is 0.500. The average Bonchev–Trinajstić information content (AvgIpc) is 3.44. The Morgan fingerprint density at radius 3 is 2.88 bits per heavy atom. The lowest BCUT2D eigenvalue weighted by molar-refractivity contribution is -0.123. The van der Waals surface area contributed by atoms with Crippen LogP contribution in [0.1, 0.15) is 49.1 Å². The molecule has 4 heterocycles. The number of rotatable bonds is 6. The van der Waals surface area contributed by atoms with Gasteiger partial charge >= 0.3 is 0 Å². The normalized spacial score (nSPS) is 16.8. The topological polar surface area (TPSA) is 93.4 Å². The van der Waals surface area contributed by atoms with Gasteiger partial charge < -0.3 is 9.84 Å². The first-order chi connectivity index (χ1) is 16.0. The number of benzene rings is 1. The van der Waals surface area contributed by atoms with E-state index in [1.54, 1.807) is 17.7 Å². The summed E-state index contributed by atoms with van der Waals surface area (Å²) in [4.78, 5) is 24.4. The fourth-order valence-electron chi connectivity index (χ4n) is 4.70. The molecule has 33 heavy (non-hydrogen) atoms. The van der Waals surface area contributed by atoms with E-state index in [1.807, 2.05) is 4.68 Å². The number of ketones is 1. The Bertz CT molecular complexity index is 1150. The van der Waals surface area contributed by atoms with Crippen LogP contribution in [-0.4, -0.2) is 68.4 Å². The zero-order valence-corrected chi connectivity index (χ0v) is 19.8. The average molecular weight is 468 g/mol. The van der Waals surface area contributed by atoms with Crippen molar-refractivity contribution in [1.29, 1.82) is 0 Å². The van der Waals surface area contributed by atoms with Crippen molar-refractivity contribution < 1.29 is 14.6 Å². The summed E-state index contributed by atoms with van der Waals surface area (Å²) in [6.45, 7) is 6.51. The van der Waals surface area contributed by atoms with E-state index in [4.69, 9.17) is 14.8 Å². The van der Waals surface area contributed by atoms with E-state index >= 15 is 0 Å². The van der Waals surface area contributed by atoms with Crippen LogP contribution in [0.25, 0.3) is 22.1 Å². The van der Waals surface area contributed by atoms with E-state index < -0.39 is 0 Å². The first-order valence-corrected chi connectivity index (χ1v) is 12.4. The summed E-state index contributed by atoms with van der Waals surface area (Å²) in [7, 11) is 0. The number of carbonyl (C=O) groups excluding carboxylic acids is 1. The molecule has 1 saturated heterocycles. The SMILES string of the molecule is CC(C)n1ncnc1-c1nc2c(s1)CCOc1ccc(C3CCN(CC(=O)CO)CC3)cc1-2. The molecule has 0 spiro atoms. The van der Waals surface area contributed by atoms with Crippen LogP contribution in [0.2, 0.25) is 0 Å². The molecule has 0 radical (unpaired) electrons. The number of nitrogens with zero attached hydrogens (tertiary/aromatic N) is 5. The second kappa shape index (κ2) is 9.32. The van der Waals surface area contributed by atoms with Crippen LogP contribution in [0.3, 0.4) is 0 Å². The number of thiazole rings is 1. The monoisotopic (exact) mass is 467 g/mol. The number of fused-ring (bicyclic) bond motifs is 3. The van der Waals surface area contributed by atoms with Gasteiger partial charge in [-0.3, -0.25) is 9.69 Å². The quantitative estimate of drug-likeness (QED) is 0.594. The van der Waals surface area contributed by atoms with Gasteiger partial charge in [0.05, 0.1) is 18.8 Å². The van der Waals surface area contributed by atoms with Crippen LogP contribution in [-0.2, 0) is 11.2 Å². The highest BCUT2D eigenvalue weighted by atomic mass is 32.1. The second-order valence-electron chi connectivity index (χ2n) is 9.01. The van der Waals surface area contributed by atoms with Gasteiger partial charge in [0.2, 0.25) is 0 Å². The number of ether oxygens (including phenoxy) is 1. The molecular weight excluding hydrogens is 438 g/mol. The Kier molecular flexibility index (Phi) is 6.27. The lowest BCUT2D eigenvalue weighted by atomic mass is 9.88. The number of Topliss-reactive ketones (excluding diaryl/α,β-unsaturated/α-hetero) is 1. The molecule has 2 aliphatic rings. The van der Waals surface area contributed by atoms with Crippen molar-refractivity contribution in [2.45, 2.75) is 45.1 Å². The predicted molar refractivity (Wildman–Crippen MR) is 127 cm³/mol. The largest absolute Gasteiger partial charge is 0.493 e. The van der Waals surface area contributed by atoms with E-state index in [0.29, 0.717) is 19.1 Å². The lowest BCUT2D eigenvalue weighted by Crippen LogP contribution is -2.37. The van der Waals surface area contributed by atoms with E-state index in [-0.39, 0.29) is 18.4 Å². The van der Waals surface area contributed by atoms with Gasteiger partial charge in [-0.1, -0.05) is 6.07 Å². The summed E-state index contributed by atoms with van der Waals surface area (Å²) in [5.41, 5.74) is 3.34. The molecule has 9 heteroatoms. The van der Waals surface area contributed by atoms with Crippen molar-refractivity contribution >= 4 is 17.1 Å². The molecule has 5 rings (SSSR count). The summed E-state index contributed by atoms with van der Waals surface area (Å²) < 4.78 is 7.98. The molecule has 0 unspecified atom stereocenters. The number of hydrogen-bond donors (Lipinski definition) is 1. The standard InChI is InChI=1S/C24H29N5O3S/c1-15(2)29-23(25-14-26-29)24-27-22-19-11-17(3-4-20(19)32-10-7-21(22)33-24)16-5-8-28(9-6-16)12-18(31)13-30/h3-4,11,14-16,30H,5-10,12-13H2,1-2H3. The third-order valence-corrected chi connectivity index (χ3v) is 7.54. The maximum Gasteiger partial charge on any atom is 0.187 e. The summed E-state index contributed by atoms with van der Waals surface area (Å²) >= 11 is 1.68. The molecule has 2 aromatic heterocycles. The number of carbonyl (C=O) groups is 1. The minimum Gasteiger partial charge on any atom is -0.493 e. The number of likely N-dealkylation sites (tertiary alicyclic amines) is 1. The van der Waals surface area contributed by atoms with Gasteiger partial charge in [0.25, 0.3) is 0 Å². The molecule has 0 atom stereocenters. The summed E-state index contributed by atoms with van der Waals surface area (Å²) in [6.07, 6.45) is 4.40. The van der Waals surface area contributed by atoms with Gasteiger partial charge in [0.15, 0.2) is 16.6 Å². The highest BCUT2D eigenvalue weighted by Crippen LogP contribution is 2.42. The number of aromatic nitrogens is 4. The van der Waals surface area contributed by atoms with Crippen molar-refractivity contribution in [1.82, 2.24) is 24.6 Å². The third kappa shape index (κ3) is 4.45. The minimum atomic E-state index is -0.379. The summed E-state index contributed by atoms with van der Waals surface area (Å²) in [6, 6.07) is 6.71. The molecule has 1 fully saturated rings. The molecule has 0 bridgehead atoms. The molecule has 0 amide bonds. The van der Waals surface area contributed by atoms with Crippen molar-refractivity contribution in [2.24, 2.45) is 0 Å². The zero-order valence-electron chi connectivity index (χ0n) is 19.0. The molecule has 8 nitrogen and oxygen atoms in total. The van der Waals surface area contributed by atoms with Gasteiger partial charge in [-0.2, -0.15) is 5.10 Å². The zero-order chi connectivity index (χ0) is 22.9. The Morgan fingerprint density at radius 1 is 1.30 bits per heavy atom. The maximum absolute atomic E-state index is 11.6. The molecule has 3 aromatic rings. The van der Waals surface area contributed by atoms with Crippen molar-refractivity contribution in [2.75, 3.05) is 32.8 Å². The maximum atomic E-state index is 11.6. The van der Waals surface area contributed by atoms with Crippen LogP contribution < -0.4 is 4.74 Å². The number of piperidine rings is 1. The molecule has 2 aliphatic heterocycles. The number of aliphatic hydroxyl groups excluding tert-OH is 1. The molecule has 1 N–H and O–H groups in total. The van der Waals surface area contributed by atoms with Crippen LogP contribution in [0.15, 0.2) is 24.5 Å². The Balaban J connectivity index is 1.42. The van der Waals surface area contributed by atoms with Crippen molar-refractivity contribution in [3.8, 4) is 27.8 Å². The van der Waals surface area contributed by atoms with Crippen LogP contribution >= 0.6 is 11.3 Å². The van der Waals surface area contributed by atoms with Gasteiger partial charge in [-0.05, 0) is 63.4 Å². The minimum absolute atomic E-state index is 0.115. The number of aliphatic hydroxyl groups is 1. The molecule has 0 saturated carbocycles. The van der Waals surface area contributed by atoms with E-state index in [9.17, 15) is 4.79 Å². The Hall–Kier alpha value is -2.62. The van der Waals surface area contributed by atoms with Crippen LogP contribution in [0.4, 0.5) is 0 Å². The van der Waals surface area contributed by atoms with Crippen LogP contribution in [0, 0.1) is 0 Å². The van der Waals surface area contributed by atoms with Gasteiger partial charge in [0, 0.05) is 22.9 Å².